The van der Waals surface area contributed by atoms with Gasteiger partial charge in [0.05, 0.1) is 0 Å². The standard InChI is InChI=1S/C16H23N/c17-16(15-10-11-15)14-8-6-13(7-9-14)12-4-2-1-3-5-12/h6-9,12,15-16H,1-5,10-11,17H2. The molecule has 2 fully saturated rings. The lowest BCUT2D eigenvalue weighted by Gasteiger charge is -2.22. The number of rotatable bonds is 3. The van der Waals surface area contributed by atoms with Crippen molar-refractivity contribution in [2.45, 2.75) is 56.9 Å². The van der Waals surface area contributed by atoms with Gasteiger partial charge in [0.25, 0.3) is 0 Å². The van der Waals surface area contributed by atoms with Crippen LogP contribution in [0.3, 0.4) is 0 Å². The average Bonchev–Trinajstić information content (AvgIpc) is 3.24. The number of benzene rings is 1. The van der Waals surface area contributed by atoms with Crippen molar-refractivity contribution >= 4 is 0 Å². The molecule has 1 atom stereocenters. The van der Waals surface area contributed by atoms with Gasteiger partial charge in [-0.25, -0.2) is 0 Å². The van der Waals surface area contributed by atoms with E-state index in [0.29, 0.717) is 0 Å². The zero-order valence-electron chi connectivity index (χ0n) is 10.6. The molecule has 0 saturated heterocycles. The van der Waals surface area contributed by atoms with Crippen molar-refractivity contribution in [3.63, 3.8) is 0 Å². The fraction of sp³-hybridized carbons (Fsp3) is 0.625. The van der Waals surface area contributed by atoms with Gasteiger partial charge in [0.2, 0.25) is 0 Å². The van der Waals surface area contributed by atoms with Crippen molar-refractivity contribution in [2.24, 2.45) is 11.7 Å². The van der Waals surface area contributed by atoms with Crippen LogP contribution in [-0.4, -0.2) is 0 Å². The average molecular weight is 229 g/mol. The molecule has 0 radical (unpaired) electrons. The lowest BCUT2D eigenvalue weighted by Crippen LogP contribution is -2.12. The maximum Gasteiger partial charge on any atom is 0.0323 e. The van der Waals surface area contributed by atoms with E-state index in [-0.39, 0.29) is 6.04 Å². The third-order valence-corrected chi connectivity index (χ3v) is 4.53. The summed E-state index contributed by atoms with van der Waals surface area (Å²) in [5.41, 5.74) is 9.11. The lowest BCUT2D eigenvalue weighted by molar-refractivity contribution is 0.443. The normalized spacial score (nSPS) is 23.6. The Bertz CT molecular complexity index is 358. The molecule has 2 saturated carbocycles. The zero-order valence-corrected chi connectivity index (χ0v) is 10.6. The zero-order chi connectivity index (χ0) is 11.7. The topological polar surface area (TPSA) is 26.0 Å². The molecule has 3 rings (SSSR count). The van der Waals surface area contributed by atoms with Gasteiger partial charge in [-0.05, 0) is 48.6 Å². The Morgan fingerprint density at radius 2 is 1.53 bits per heavy atom. The Kier molecular flexibility index (Phi) is 3.19. The highest BCUT2D eigenvalue weighted by Crippen LogP contribution is 2.40. The highest BCUT2D eigenvalue weighted by molar-refractivity contribution is 5.28. The summed E-state index contributed by atoms with van der Waals surface area (Å²) < 4.78 is 0. The summed E-state index contributed by atoms with van der Waals surface area (Å²) in [6.45, 7) is 0. The summed E-state index contributed by atoms with van der Waals surface area (Å²) in [4.78, 5) is 0. The minimum absolute atomic E-state index is 0.287. The summed E-state index contributed by atoms with van der Waals surface area (Å²) in [5, 5.41) is 0. The summed E-state index contributed by atoms with van der Waals surface area (Å²) in [5.74, 6) is 1.57. The highest BCUT2D eigenvalue weighted by atomic mass is 14.7. The molecular formula is C16H23N. The Morgan fingerprint density at radius 3 is 2.12 bits per heavy atom. The predicted octanol–water partition coefficient (Wildman–Crippen LogP) is 4.14. The molecule has 2 N–H and O–H groups in total. The van der Waals surface area contributed by atoms with Crippen LogP contribution in [0, 0.1) is 5.92 Å². The van der Waals surface area contributed by atoms with E-state index in [1.807, 2.05) is 0 Å². The van der Waals surface area contributed by atoms with Crippen molar-refractivity contribution in [1.29, 1.82) is 0 Å². The lowest BCUT2D eigenvalue weighted by atomic mass is 9.83. The first kappa shape index (κ1) is 11.3. The van der Waals surface area contributed by atoms with Crippen LogP contribution in [0.25, 0.3) is 0 Å². The summed E-state index contributed by atoms with van der Waals surface area (Å²) in [7, 11) is 0. The van der Waals surface area contributed by atoms with Crippen LogP contribution >= 0.6 is 0 Å². The Hall–Kier alpha value is -0.820. The predicted molar refractivity (Wildman–Crippen MR) is 71.9 cm³/mol. The molecule has 1 unspecified atom stereocenters. The number of hydrogen-bond donors (Lipinski definition) is 1. The maximum absolute atomic E-state index is 6.23. The molecule has 1 aromatic rings. The van der Waals surface area contributed by atoms with E-state index in [1.165, 1.54) is 56.1 Å². The summed E-state index contributed by atoms with van der Waals surface area (Å²) >= 11 is 0. The molecule has 1 nitrogen and oxygen atoms in total. The molecule has 1 heteroatoms. The monoisotopic (exact) mass is 229 g/mol. The Balaban J connectivity index is 1.70. The van der Waals surface area contributed by atoms with Crippen LogP contribution in [0.4, 0.5) is 0 Å². The van der Waals surface area contributed by atoms with Gasteiger partial charge in [-0.3, -0.25) is 0 Å². The molecular weight excluding hydrogens is 206 g/mol. The molecule has 1 aromatic carbocycles. The van der Waals surface area contributed by atoms with Crippen LogP contribution in [0.1, 0.15) is 68.0 Å². The van der Waals surface area contributed by atoms with Gasteiger partial charge in [0, 0.05) is 6.04 Å². The van der Waals surface area contributed by atoms with E-state index < -0.39 is 0 Å². The van der Waals surface area contributed by atoms with Gasteiger partial charge >= 0.3 is 0 Å². The van der Waals surface area contributed by atoms with Crippen LogP contribution in [0.15, 0.2) is 24.3 Å². The molecule has 0 spiro atoms. The van der Waals surface area contributed by atoms with Gasteiger partial charge < -0.3 is 5.73 Å². The quantitative estimate of drug-likeness (QED) is 0.828. The molecule has 0 heterocycles. The van der Waals surface area contributed by atoms with Gasteiger partial charge in [-0.2, -0.15) is 0 Å². The Labute approximate surface area is 104 Å². The minimum atomic E-state index is 0.287. The van der Waals surface area contributed by atoms with Crippen molar-refractivity contribution in [1.82, 2.24) is 0 Å². The van der Waals surface area contributed by atoms with E-state index in [9.17, 15) is 0 Å². The summed E-state index contributed by atoms with van der Waals surface area (Å²) in [6, 6.07) is 9.48. The third kappa shape index (κ3) is 2.55. The fourth-order valence-electron chi connectivity index (χ4n) is 3.15. The maximum atomic E-state index is 6.23. The second kappa shape index (κ2) is 4.81. The van der Waals surface area contributed by atoms with Gasteiger partial charge in [0.1, 0.15) is 0 Å². The van der Waals surface area contributed by atoms with E-state index >= 15 is 0 Å². The van der Waals surface area contributed by atoms with Crippen molar-refractivity contribution in [3.05, 3.63) is 35.4 Å². The molecule has 2 aliphatic rings. The van der Waals surface area contributed by atoms with Crippen LogP contribution < -0.4 is 5.73 Å². The van der Waals surface area contributed by atoms with Gasteiger partial charge in [-0.1, -0.05) is 43.5 Å². The van der Waals surface area contributed by atoms with Gasteiger partial charge in [0.15, 0.2) is 0 Å². The van der Waals surface area contributed by atoms with E-state index in [4.69, 9.17) is 5.73 Å². The minimum Gasteiger partial charge on any atom is -0.324 e. The molecule has 92 valence electrons. The van der Waals surface area contributed by atoms with Crippen molar-refractivity contribution in [2.75, 3.05) is 0 Å². The highest BCUT2D eigenvalue weighted by Gasteiger charge is 2.29. The van der Waals surface area contributed by atoms with Crippen molar-refractivity contribution < 1.29 is 0 Å². The molecule has 0 bridgehead atoms. The SMILES string of the molecule is NC(c1ccc(C2CCCCC2)cc1)C1CC1. The largest absolute Gasteiger partial charge is 0.324 e. The van der Waals surface area contributed by atoms with Crippen LogP contribution in [0.5, 0.6) is 0 Å². The Morgan fingerprint density at radius 1 is 0.882 bits per heavy atom. The second-order valence-corrected chi connectivity index (χ2v) is 5.86. The van der Waals surface area contributed by atoms with Crippen LogP contribution in [0.2, 0.25) is 0 Å². The van der Waals surface area contributed by atoms with E-state index in [1.54, 1.807) is 0 Å². The summed E-state index contributed by atoms with van der Waals surface area (Å²) in [6.07, 6.45) is 9.67. The van der Waals surface area contributed by atoms with E-state index in [2.05, 4.69) is 24.3 Å². The number of nitrogens with two attached hydrogens (primary N) is 1. The first-order chi connectivity index (χ1) is 8.34. The number of hydrogen-bond acceptors (Lipinski definition) is 1. The second-order valence-electron chi connectivity index (χ2n) is 5.86. The fourth-order valence-corrected chi connectivity index (χ4v) is 3.15. The third-order valence-electron chi connectivity index (χ3n) is 4.53. The first-order valence-corrected chi connectivity index (χ1v) is 7.20. The first-order valence-electron chi connectivity index (χ1n) is 7.20. The van der Waals surface area contributed by atoms with Gasteiger partial charge in [-0.15, -0.1) is 0 Å². The van der Waals surface area contributed by atoms with Crippen LogP contribution in [-0.2, 0) is 0 Å². The molecule has 0 amide bonds. The molecule has 2 aliphatic carbocycles. The molecule has 17 heavy (non-hydrogen) atoms. The smallest absolute Gasteiger partial charge is 0.0323 e. The molecule has 0 aromatic heterocycles. The van der Waals surface area contributed by atoms with Crippen molar-refractivity contribution in [3.8, 4) is 0 Å². The van der Waals surface area contributed by atoms with E-state index in [0.717, 1.165) is 11.8 Å². The molecule has 0 aliphatic heterocycles.